The lowest BCUT2D eigenvalue weighted by Gasteiger charge is -2.19. The summed E-state index contributed by atoms with van der Waals surface area (Å²) in [4.78, 5) is 4.76. The standard InChI is InChI=1S/C13H26N2.HI/c1-3-5-6-7-8-9-10-15-12-11-14(4-2)13-15;/h11-12H,3-10,13H2,1-2H3;1H. The van der Waals surface area contributed by atoms with Crippen LogP contribution in [-0.2, 0) is 0 Å². The Balaban J connectivity index is 0.00000225. The molecule has 0 radical (unpaired) electrons. The smallest absolute Gasteiger partial charge is 0.0893 e. The molecule has 0 aromatic carbocycles. The summed E-state index contributed by atoms with van der Waals surface area (Å²) in [6.45, 7) is 7.95. The summed E-state index contributed by atoms with van der Waals surface area (Å²) in [5.74, 6) is 0. The fourth-order valence-electron chi connectivity index (χ4n) is 1.96. The summed E-state index contributed by atoms with van der Waals surface area (Å²) < 4.78 is 0. The van der Waals surface area contributed by atoms with Crippen LogP contribution in [0.3, 0.4) is 0 Å². The molecule has 0 unspecified atom stereocenters. The molecule has 1 rings (SSSR count). The van der Waals surface area contributed by atoms with Crippen molar-refractivity contribution in [2.24, 2.45) is 0 Å². The van der Waals surface area contributed by atoms with E-state index in [1.54, 1.807) is 0 Å². The van der Waals surface area contributed by atoms with Gasteiger partial charge in [0.25, 0.3) is 0 Å². The van der Waals surface area contributed by atoms with E-state index in [0.717, 1.165) is 13.2 Å². The Morgan fingerprint density at radius 3 is 2.12 bits per heavy atom. The number of rotatable bonds is 8. The van der Waals surface area contributed by atoms with E-state index in [1.165, 1.54) is 45.1 Å². The van der Waals surface area contributed by atoms with Crippen molar-refractivity contribution in [2.45, 2.75) is 52.4 Å². The fraction of sp³-hybridized carbons (Fsp3) is 0.846. The molecule has 1 heterocycles. The Morgan fingerprint density at radius 1 is 0.875 bits per heavy atom. The molecule has 0 atom stereocenters. The third-order valence-corrected chi connectivity index (χ3v) is 3.06. The summed E-state index contributed by atoms with van der Waals surface area (Å²) in [5, 5.41) is 0. The Hall–Kier alpha value is 0.0700. The molecule has 2 nitrogen and oxygen atoms in total. The SMILES string of the molecule is CCCCCCCCN1C=CN(CC)C1.I. The van der Waals surface area contributed by atoms with E-state index in [9.17, 15) is 0 Å². The van der Waals surface area contributed by atoms with Gasteiger partial charge in [-0.3, -0.25) is 0 Å². The van der Waals surface area contributed by atoms with E-state index >= 15 is 0 Å². The second-order valence-corrected chi connectivity index (χ2v) is 4.42. The minimum atomic E-state index is 0. The Kier molecular flexibility index (Phi) is 10.3. The second-order valence-electron chi connectivity index (χ2n) is 4.42. The highest BCUT2D eigenvalue weighted by atomic mass is 127. The van der Waals surface area contributed by atoms with Gasteiger partial charge in [-0.05, 0) is 13.3 Å². The lowest BCUT2D eigenvalue weighted by molar-refractivity contribution is 0.268. The zero-order valence-corrected chi connectivity index (χ0v) is 13.2. The summed E-state index contributed by atoms with van der Waals surface area (Å²) in [5.41, 5.74) is 0. The zero-order valence-electron chi connectivity index (χ0n) is 10.8. The van der Waals surface area contributed by atoms with E-state index in [-0.39, 0.29) is 24.0 Å². The van der Waals surface area contributed by atoms with Gasteiger partial charge in [-0.2, -0.15) is 0 Å². The van der Waals surface area contributed by atoms with Gasteiger partial charge in [-0.15, -0.1) is 24.0 Å². The predicted octanol–water partition coefficient (Wildman–Crippen LogP) is 4.03. The topological polar surface area (TPSA) is 6.48 Å². The van der Waals surface area contributed by atoms with Gasteiger partial charge in [0.15, 0.2) is 0 Å². The minimum Gasteiger partial charge on any atom is -0.359 e. The number of halogens is 1. The lowest BCUT2D eigenvalue weighted by Crippen LogP contribution is -2.25. The van der Waals surface area contributed by atoms with Crippen LogP contribution in [0.15, 0.2) is 12.4 Å². The van der Waals surface area contributed by atoms with Crippen molar-refractivity contribution in [2.75, 3.05) is 19.8 Å². The molecule has 0 saturated carbocycles. The largest absolute Gasteiger partial charge is 0.359 e. The molecule has 0 saturated heterocycles. The highest BCUT2D eigenvalue weighted by molar-refractivity contribution is 14.0. The maximum atomic E-state index is 2.42. The van der Waals surface area contributed by atoms with Crippen molar-refractivity contribution in [1.29, 1.82) is 0 Å². The summed E-state index contributed by atoms with van der Waals surface area (Å²) >= 11 is 0. The van der Waals surface area contributed by atoms with E-state index in [0.29, 0.717) is 0 Å². The van der Waals surface area contributed by atoms with E-state index in [4.69, 9.17) is 0 Å². The van der Waals surface area contributed by atoms with Crippen molar-refractivity contribution in [3.8, 4) is 0 Å². The molecule has 0 aliphatic carbocycles. The third-order valence-electron chi connectivity index (χ3n) is 3.06. The number of nitrogens with zero attached hydrogens (tertiary/aromatic N) is 2. The number of unbranched alkanes of at least 4 members (excludes halogenated alkanes) is 5. The Morgan fingerprint density at radius 2 is 1.50 bits per heavy atom. The van der Waals surface area contributed by atoms with Crippen molar-refractivity contribution in [3.63, 3.8) is 0 Å². The van der Waals surface area contributed by atoms with Crippen LogP contribution >= 0.6 is 24.0 Å². The molecule has 0 aromatic heterocycles. The van der Waals surface area contributed by atoms with Gasteiger partial charge < -0.3 is 9.80 Å². The fourth-order valence-corrected chi connectivity index (χ4v) is 1.96. The van der Waals surface area contributed by atoms with E-state index in [1.807, 2.05) is 0 Å². The zero-order chi connectivity index (χ0) is 10.9. The monoisotopic (exact) mass is 338 g/mol. The molecule has 1 aliphatic rings. The van der Waals surface area contributed by atoms with Gasteiger partial charge >= 0.3 is 0 Å². The predicted molar refractivity (Wildman–Crippen MR) is 81.9 cm³/mol. The molecular formula is C13H27IN2. The van der Waals surface area contributed by atoms with Crippen LogP contribution in [0.1, 0.15) is 52.4 Å². The first-order chi connectivity index (χ1) is 7.36. The highest BCUT2D eigenvalue weighted by Crippen LogP contribution is 2.09. The quantitative estimate of drug-likeness (QED) is 0.487. The molecule has 0 fully saturated rings. The van der Waals surface area contributed by atoms with E-state index in [2.05, 4.69) is 36.0 Å². The maximum Gasteiger partial charge on any atom is 0.0893 e. The molecule has 3 heteroatoms. The van der Waals surface area contributed by atoms with Gasteiger partial charge in [0.05, 0.1) is 6.67 Å². The first-order valence-electron chi connectivity index (χ1n) is 6.53. The molecule has 16 heavy (non-hydrogen) atoms. The van der Waals surface area contributed by atoms with Crippen LogP contribution < -0.4 is 0 Å². The Bertz CT molecular complexity index is 183. The van der Waals surface area contributed by atoms with Gasteiger partial charge in [0.2, 0.25) is 0 Å². The molecule has 0 bridgehead atoms. The minimum absolute atomic E-state index is 0. The summed E-state index contributed by atoms with van der Waals surface area (Å²) in [6.07, 6.45) is 12.8. The van der Waals surface area contributed by atoms with Crippen LogP contribution in [0.5, 0.6) is 0 Å². The average molecular weight is 338 g/mol. The van der Waals surface area contributed by atoms with Crippen molar-refractivity contribution < 1.29 is 0 Å². The highest BCUT2D eigenvalue weighted by Gasteiger charge is 2.08. The molecule has 0 amide bonds. The summed E-state index contributed by atoms with van der Waals surface area (Å²) in [6, 6.07) is 0. The van der Waals surface area contributed by atoms with Crippen molar-refractivity contribution >= 4 is 24.0 Å². The van der Waals surface area contributed by atoms with Gasteiger partial charge in [0.1, 0.15) is 0 Å². The van der Waals surface area contributed by atoms with Gasteiger partial charge in [0, 0.05) is 25.5 Å². The maximum absolute atomic E-state index is 2.42. The lowest BCUT2D eigenvalue weighted by atomic mass is 10.1. The summed E-state index contributed by atoms with van der Waals surface area (Å²) in [7, 11) is 0. The van der Waals surface area contributed by atoms with Crippen molar-refractivity contribution in [3.05, 3.63) is 12.4 Å². The molecule has 0 spiro atoms. The van der Waals surface area contributed by atoms with Gasteiger partial charge in [-0.1, -0.05) is 39.0 Å². The molecular weight excluding hydrogens is 311 g/mol. The van der Waals surface area contributed by atoms with Crippen LogP contribution in [0.4, 0.5) is 0 Å². The first kappa shape index (κ1) is 16.1. The first-order valence-corrected chi connectivity index (χ1v) is 6.53. The van der Waals surface area contributed by atoms with Crippen molar-refractivity contribution in [1.82, 2.24) is 9.80 Å². The normalized spacial score (nSPS) is 14.4. The van der Waals surface area contributed by atoms with Crippen LogP contribution in [0.25, 0.3) is 0 Å². The van der Waals surface area contributed by atoms with Crippen LogP contribution in [0.2, 0.25) is 0 Å². The third kappa shape index (κ3) is 6.61. The number of hydrogen-bond acceptors (Lipinski definition) is 2. The van der Waals surface area contributed by atoms with E-state index < -0.39 is 0 Å². The Labute approximate surface area is 118 Å². The average Bonchev–Trinajstić information content (AvgIpc) is 2.71. The second kappa shape index (κ2) is 10.2. The van der Waals surface area contributed by atoms with Gasteiger partial charge in [-0.25, -0.2) is 0 Å². The molecule has 96 valence electrons. The molecule has 1 aliphatic heterocycles. The van der Waals surface area contributed by atoms with Crippen LogP contribution in [-0.4, -0.2) is 29.6 Å². The number of hydrogen-bond donors (Lipinski definition) is 0. The van der Waals surface area contributed by atoms with Crippen LogP contribution in [0, 0.1) is 0 Å². The molecule has 0 aromatic rings. The molecule has 0 N–H and O–H groups in total.